The van der Waals surface area contributed by atoms with Crippen molar-refractivity contribution < 1.29 is 23.3 Å². The lowest BCUT2D eigenvalue weighted by molar-refractivity contribution is -0.880. The standard InChI is InChI=1S/C12H22N2O3/c1-6-9(2)8-14(5)11(16)7-10(15)13(3,4)12(14)17/h9H,6-8H2,1-5H3/q+2. The Morgan fingerprint density at radius 2 is 1.65 bits per heavy atom. The molecule has 1 rings (SSSR count). The van der Waals surface area contributed by atoms with Crippen molar-refractivity contribution in [2.45, 2.75) is 26.7 Å². The molecule has 1 aliphatic rings. The van der Waals surface area contributed by atoms with Crippen molar-refractivity contribution >= 4 is 17.8 Å². The minimum absolute atomic E-state index is 0.147. The molecule has 1 heterocycles. The number of rotatable bonds is 3. The van der Waals surface area contributed by atoms with Crippen LogP contribution >= 0.6 is 0 Å². The summed E-state index contributed by atoms with van der Waals surface area (Å²) in [7, 11) is 4.75. The first kappa shape index (κ1) is 14.0. The van der Waals surface area contributed by atoms with Gasteiger partial charge in [0.15, 0.2) is 6.42 Å². The summed E-state index contributed by atoms with van der Waals surface area (Å²) < 4.78 is -0.591. The fourth-order valence-electron chi connectivity index (χ4n) is 2.20. The summed E-state index contributed by atoms with van der Waals surface area (Å²) in [6, 6.07) is -0.327. The smallest absolute Gasteiger partial charge is 0.229 e. The highest BCUT2D eigenvalue weighted by Crippen LogP contribution is 2.25. The van der Waals surface area contributed by atoms with Gasteiger partial charge in [-0.15, -0.1) is 8.97 Å². The highest BCUT2D eigenvalue weighted by Gasteiger charge is 2.60. The lowest BCUT2D eigenvalue weighted by atomic mass is 10.1. The quantitative estimate of drug-likeness (QED) is 0.550. The summed E-state index contributed by atoms with van der Waals surface area (Å²) in [6.45, 7) is 4.52. The van der Waals surface area contributed by atoms with Crippen molar-refractivity contribution in [1.29, 1.82) is 0 Å². The number of amides is 4. The lowest BCUT2D eigenvalue weighted by Crippen LogP contribution is -2.71. The largest absolute Gasteiger partial charge is 0.528 e. The van der Waals surface area contributed by atoms with Gasteiger partial charge in [0.05, 0.1) is 21.1 Å². The number of quaternary nitrogens is 2. The van der Waals surface area contributed by atoms with Crippen LogP contribution in [-0.4, -0.2) is 54.5 Å². The van der Waals surface area contributed by atoms with Crippen molar-refractivity contribution in [3.8, 4) is 0 Å². The average Bonchev–Trinajstić information content (AvgIpc) is 2.25. The Balaban J connectivity index is 3.09. The maximum atomic E-state index is 12.3. The number of urea groups is 1. The summed E-state index contributed by atoms with van der Waals surface area (Å²) in [5.41, 5.74) is 0. The van der Waals surface area contributed by atoms with Gasteiger partial charge in [-0.25, -0.2) is 9.59 Å². The van der Waals surface area contributed by atoms with Gasteiger partial charge in [-0.05, 0) is 6.42 Å². The van der Waals surface area contributed by atoms with Gasteiger partial charge in [-0.2, -0.15) is 4.79 Å². The van der Waals surface area contributed by atoms with Crippen LogP contribution < -0.4 is 0 Å². The van der Waals surface area contributed by atoms with E-state index < -0.39 is 0 Å². The van der Waals surface area contributed by atoms with E-state index in [1.165, 1.54) is 0 Å². The first-order valence-electron chi connectivity index (χ1n) is 5.97. The Hall–Kier alpha value is -1.07. The number of imide groups is 2. The number of carbonyl (C=O) groups excluding carboxylic acids is 3. The zero-order valence-corrected chi connectivity index (χ0v) is 11.3. The Morgan fingerprint density at radius 3 is 2.12 bits per heavy atom. The van der Waals surface area contributed by atoms with Gasteiger partial charge in [-0.3, -0.25) is 0 Å². The Bertz CT molecular complexity index is 376. The molecule has 0 radical (unpaired) electrons. The van der Waals surface area contributed by atoms with Crippen LogP contribution in [0.4, 0.5) is 4.79 Å². The second kappa shape index (κ2) is 4.31. The summed E-state index contributed by atoms with van der Waals surface area (Å²) in [5.74, 6) is -0.321. The van der Waals surface area contributed by atoms with Crippen LogP contribution in [0, 0.1) is 5.92 Å². The molecule has 0 aromatic carbocycles. The third kappa shape index (κ3) is 2.17. The van der Waals surface area contributed by atoms with E-state index in [1.807, 2.05) is 13.8 Å². The zero-order chi connectivity index (χ0) is 13.4. The molecule has 0 aliphatic carbocycles. The van der Waals surface area contributed by atoms with Gasteiger partial charge in [0.2, 0.25) is 0 Å². The zero-order valence-electron chi connectivity index (χ0n) is 11.3. The van der Waals surface area contributed by atoms with Gasteiger partial charge < -0.3 is 0 Å². The maximum absolute atomic E-state index is 12.3. The minimum Gasteiger partial charge on any atom is -0.229 e. The summed E-state index contributed by atoms with van der Waals surface area (Å²) in [6.07, 6.45) is 0.765. The number of carbonyl (C=O) groups is 3. The summed E-state index contributed by atoms with van der Waals surface area (Å²) in [5, 5.41) is 0. The molecule has 96 valence electrons. The van der Waals surface area contributed by atoms with Crippen molar-refractivity contribution in [2.24, 2.45) is 5.92 Å². The monoisotopic (exact) mass is 242 g/mol. The van der Waals surface area contributed by atoms with Crippen LogP contribution in [0.15, 0.2) is 0 Å². The van der Waals surface area contributed by atoms with Crippen LogP contribution in [0.5, 0.6) is 0 Å². The van der Waals surface area contributed by atoms with Crippen molar-refractivity contribution in [1.82, 2.24) is 0 Å². The van der Waals surface area contributed by atoms with Gasteiger partial charge in [0.25, 0.3) is 0 Å². The van der Waals surface area contributed by atoms with Gasteiger partial charge in [0, 0.05) is 5.92 Å². The van der Waals surface area contributed by atoms with Crippen LogP contribution in [0.1, 0.15) is 26.7 Å². The summed E-state index contributed by atoms with van der Waals surface area (Å²) >= 11 is 0. The van der Waals surface area contributed by atoms with E-state index in [4.69, 9.17) is 0 Å². The van der Waals surface area contributed by atoms with E-state index in [-0.39, 0.29) is 39.2 Å². The second-order valence-electron chi connectivity index (χ2n) is 5.59. The fraction of sp³-hybridized carbons (Fsp3) is 0.750. The first-order chi connectivity index (χ1) is 7.66. The molecule has 0 aromatic rings. The lowest BCUT2D eigenvalue weighted by Gasteiger charge is -2.38. The van der Waals surface area contributed by atoms with Gasteiger partial charge in [0.1, 0.15) is 6.54 Å². The molecule has 0 saturated carbocycles. The predicted octanol–water partition coefficient (Wildman–Crippen LogP) is 1.13. The first-order valence-corrected chi connectivity index (χ1v) is 5.97. The molecule has 0 aromatic heterocycles. The molecule has 0 bridgehead atoms. The number of hydrogen-bond donors (Lipinski definition) is 0. The molecule has 17 heavy (non-hydrogen) atoms. The molecule has 0 N–H and O–H groups in total. The van der Waals surface area contributed by atoms with E-state index in [2.05, 4.69) is 0 Å². The Labute approximate surface area is 102 Å². The molecule has 0 spiro atoms. The van der Waals surface area contributed by atoms with Gasteiger partial charge in [-0.1, -0.05) is 13.8 Å². The molecule has 1 fully saturated rings. The van der Waals surface area contributed by atoms with Crippen LogP contribution in [-0.2, 0) is 9.59 Å². The van der Waals surface area contributed by atoms with E-state index in [0.29, 0.717) is 6.54 Å². The number of hydrogen-bond acceptors (Lipinski definition) is 3. The van der Waals surface area contributed by atoms with Crippen molar-refractivity contribution in [3.63, 3.8) is 0 Å². The fourth-order valence-corrected chi connectivity index (χ4v) is 2.20. The molecule has 2 unspecified atom stereocenters. The minimum atomic E-state index is -0.335. The van der Waals surface area contributed by atoms with E-state index in [0.717, 1.165) is 6.42 Å². The topological polar surface area (TPSA) is 51.2 Å². The molecule has 4 amide bonds. The second-order valence-corrected chi connectivity index (χ2v) is 5.59. The third-order valence-corrected chi connectivity index (χ3v) is 3.75. The Kier molecular flexibility index (Phi) is 3.55. The highest BCUT2D eigenvalue weighted by atomic mass is 16.2. The van der Waals surface area contributed by atoms with E-state index in [1.54, 1.807) is 21.1 Å². The molecule has 1 saturated heterocycles. The number of barbiturate groups is 1. The van der Waals surface area contributed by atoms with Crippen LogP contribution in [0.3, 0.4) is 0 Å². The van der Waals surface area contributed by atoms with Crippen molar-refractivity contribution in [3.05, 3.63) is 0 Å². The SMILES string of the molecule is CCC(C)C[N+]1(C)C(=O)CC(=O)[N+](C)(C)C1=O. The normalized spacial score (nSPS) is 30.5. The number of nitrogens with zero attached hydrogens (tertiary/aromatic N) is 2. The maximum Gasteiger partial charge on any atom is 0.528 e. The van der Waals surface area contributed by atoms with Gasteiger partial charge >= 0.3 is 17.8 Å². The van der Waals surface area contributed by atoms with E-state index in [9.17, 15) is 14.4 Å². The molecular formula is C12H22N2O3+2. The molecule has 5 heteroatoms. The van der Waals surface area contributed by atoms with Crippen LogP contribution in [0.2, 0.25) is 0 Å². The van der Waals surface area contributed by atoms with Crippen LogP contribution in [0.25, 0.3) is 0 Å². The Morgan fingerprint density at radius 1 is 1.12 bits per heavy atom. The molecular weight excluding hydrogens is 220 g/mol. The molecule has 2 atom stereocenters. The van der Waals surface area contributed by atoms with E-state index >= 15 is 0 Å². The highest BCUT2D eigenvalue weighted by molar-refractivity contribution is 6.01. The average molecular weight is 242 g/mol. The molecule has 5 nitrogen and oxygen atoms in total. The molecule has 1 aliphatic heterocycles. The summed E-state index contributed by atoms with van der Waals surface area (Å²) in [4.78, 5) is 36.0. The van der Waals surface area contributed by atoms with Crippen molar-refractivity contribution in [2.75, 3.05) is 27.7 Å². The predicted molar refractivity (Wildman–Crippen MR) is 62.6 cm³/mol. The third-order valence-electron chi connectivity index (χ3n) is 3.75.